The van der Waals surface area contributed by atoms with Crippen LogP contribution in [-0.2, 0) is 9.59 Å². The summed E-state index contributed by atoms with van der Waals surface area (Å²) in [6.07, 6.45) is -0.0514. The lowest BCUT2D eigenvalue weighted by atomic mass is 10.1. The Balaban J connectivity index is 2.32. The average Bonchev–Trinajstić information content (AvgIpc) is 2.45. The highest BCUT2D eigenvalue weighted by atomic mass is 19.1. The van der Waals surface area contributed by atoms with Crippen LogP contribution in [0.3, 0.4) is 0 Å². The fourth-order valence-corrected chi connectivity index (χ4v) is 1.63. The first kappa shape index (κ1) is 16.9. The lowest BCUT2D eigenvalue weighted by Gasteiger charge is -2.21. The molecule has 0 aliphatic rings. The van der Waals surface area contributed by atoms with Crippen LogP contribution in [0.15, 0.2) is 24.3 Å². The van der Waals surface area contributed by atoms with Gasteiger partial charge >= 0.3 is 5.97 Å². The van der Waals surface area contributed by atoms with Crippen molar-refractivity contribution in [3.8, 4) is 5.75 Å². The largest absolute Gasteiger partial charge is 0.492 e. The lowest BCUT2D eigenvalue weighted by Crippen LogP contribution is -2.43. The molecule has 1 unspecified atom stereocenters. The molecule has 1 rings (SSSR count). The summed E-state index contributed by atoms with van der Waals surface area (Å²) in [5.74, 6) is -1.16. The number of benzene rings is 1. The molecule has 1 amide bonds. The number of ether oxygens (including phenoxy) is 1. The van der Waals surface area contributed by atoms with E-state index in [-0.39, 0.29) is 31.2 Å². The Kier molecular flexibility index (Phi) is 6.61. The van der Waals surface area contributed by atoms with E-state index in [1.54, 1.807) is 7.05 Å². The highest BCUT2D eigenvalue weighted by Crippen LogP contribution is 2.10. The number of hydrogen-bond donors (Lipinski definition) is 2. The van der Waals surface area contributed by atoms with Crippen LogP contribution in [0.2, 0.25) is 0 Å². The van der Waals surface area contributed by atoms with Crippen molar-refractivity contribution >= 4 is 11.9 Å². The van der Waals surface area contributed by atoms with Gasteiger partial charge < -0.3 is 20.5 Å². The van der Waals surface area contributed by atoms with E-state index in [9.17, 15) is 14.0 Å². The van der Waals surface area contributed by atoms with Gasteiger partial charge in [0.25, 0.3) is 0 Å². The smallest absolute Gasteiger partial charge is 0.303 e. The minimum atomic E-state index is -0.986. The molecule has 3 N–H and O–H groups in total. The second kappa shape index (κ2) is 8.21. The number of hydrogen-bond acceptors (Lipinski definition) is 4. The molecule has 0 spiro atoms. The van der Waals surface area contributed by atoms with Gasteiger partial charge in [0.1, 0.15) is 18.2 Å². The van der Waals surface area contributed by atoms with Crippen LogP contribution in [0.4, 0.5) is 4.39 Å². The van der Waals surface area contributed by atoms with Gasteiger partial charge in [-0.25, -0.2) is 4.39 Å². The molecule has 0 saturated carbocycles. The van der Waals surface area contributed by atoms with Crippen molar-refractivity contribution in [2.24, 2.45) is 5.73 Å². The molecule has 0 aliphatic carbocycles. The Morgan fingerprint density at radius 2 is 2.00 bits per heavy atom. The summed E-state index contributed by atoms with van der Waals surface area (Å²) in [4.78, 5) is 23.7. The van der Waals surface area contributed by atoms with Crippen LogP contribution < -0.4 is 10.5 Å². The molecule has 6 nitrogen and oxygen atoms in total. The summed E-state index contributed by atoms with van der Waals surface area (Å²) >= 11 is 0. The molecular formula is C14H19FN2O4. The normalized spacial score (nSPS) is 11.8. The number of nitrogens with two attached hydrogens (primary N) is 1. The number of carbonyl (C=O) groups excluding carboxylic acids is 1. The zero-order valence-electron chi connectivity index (χ0n) is 11.8. The third kappa shape index (κ3) is 6.22. The van der Waals surface area contributed by atoms with Crippen molar-refractivity contribution in [3.05, 3.63) is 30.1 Å². The highest BCUT2D eigenvalue weighted by molar-refractivity contribution is 5.82. The van der Waals surface area contributed by atoms with Crippen LogP contribution in [0.25, 0.3) is 0 Å². The molecular weight excluding hydrogens is 279 g/mol. The van der Waals surface area contributed by atoms with Crippen LogP contribution in [0.5, 0.6) is 5.75 Å². The van der Waals surface area contributed by atoms with E-state index in [1.807, 2.05) is 0 Å². The third-order valence-corrected chi connectivity index (χ3v) is 2.87. The average molecular weight is 298 g/mol. The number of aliphatic carboxylic acids is 1. The summed E-state index contributed by atoms with van der Waals surface area (Å²) in [5, 5.41) is 8.54. The van der Waals surface area contributed by atoms with Crippen LogP contribution >= 0.6 is 0 Å². The molecule has 0 aromatic heterocycles. The fourth-order valence-electron chi connectivity index (χ4n) is 1.63. The Morgan fingerprint density at radius 3 is 2.57 bits per heavy atom. The van der Waals surface area contributed by atoms with E-state index in [1.165, 1.54) is 29.2 Å². The van der Waals surface area contributed by atoms with E-state index < -0.39 is 12.0 Å². The maximum atomic E-state index is 12.7. The standard InChI is InChI=1S/C14H19FN2O4/c1-17(14(20)12(16)6-7-13(18)19)8-9-21-11-4-2-10(15)3-5-11/h2-5,12H,6-9,16H2,1H3,(H,18,19). The molecule has 0 heterocycles. The van der Waals surface area contributed by atoms with Gasteiger partial charge in [0.15, 0.2) is 0 Å². The van der Waals surface area contributed by atoms with Crippen molar-refractivity contribution in [3.63, 3.8) is 0 Å². The Labute approximate surface area is 122 Å². The molecule has 1 atom stereocenters. The predicted octanol–water partition coefficient (Wildman–Crippen LogP) is 0.855. The number of carbonyl (C=O) groups is 2. The molecule has 21 heavy (non-hydrogen) atoms. The first-order chi connectivity index (χ1) is 9.90. The minimum Gasteiger partial charge on any atom is -0.492 e. The van der Waals surface area contributed by atoms with Crippen molar-refractivity contribution in [1.82, 2.24) is 4.90 Å². The topological polar surface area (TPSA) is 92.9 Å². The minimum absolute atomic E-state index is 0.0946. The fraction of sp³-hybridized carbons (Fsp3) is 0.429. The predicted molar refractivity (Wildman–Crippen MR) is 74.4 cm³/mol. The van der Waals surface area contributed by atoms with Gasteiger partial charge in [0.05, 0.1) is 12.6 Å². The number of rotatable bonds is 8. The number of carboxylic acids is 1. The zero-order chi connectivity index (χ0) is 15.8. The van der Waals surface area contributed by atoms with Gasteiger partial charge in [-0.05, 0) is 30.7 Å². The number of likely N-dealkylation sites (N-methyl/N-ethyl adjacent to an activating group) is 1. The molecule has 1 aromatic rings. The van der Waals surface area contributed by atoms with Gasteiger partial charge in [-0.2, -0.15) is 0 Å². The zero-order valence-corrected chi connectivity index (χ0v) is 11.8. The van der Waals surface area contributed by atoms with E-state index in [0.717, 1.165) is 0 Å². The van der Waals surface area contributed by atoms with Crippen molar-refractivity contribution < 1.29 is 23.8 Å². The SMILES string of the molecule is CN(CCOc1ccc(F)cc1)C(=O)C(N)CCC(=O)O. The number of carboxylic acid groups (broad SMARTS) is 1. The van der Waals surface area contributed by atoms with Gasteiger partial charge in [0.2, 0.25) is 5.91 Å². The van der Waals surface area contributed by atoms with E-state index in [0.29, 0.717) is 12.3 Å². The summed E-state index contributed by atoms with van der Waals surface area (Å²) in [5.41, 5.74) is 5.63. The first-order valence-corrected chi connectivity index (χ1v) is 6.51. The van der Waals surface area contributed by atoms with Gasteiger partial charge in [0, 0.05) is 13.5 Å². The first-order valence-electron chi connectivity index (χ1n) is 6.51. The number of amides is 1. The van der Waals surface area contributed by atoms with Gasteiger partial charge in [-0.15, -0.1) is 0 Å². The molecule has 116 valence electrons. The van der Waals surface area contributed by atoms with Crippen molar-refractivity contribution in [1.29, 1.82) is 0 Å². The number of halogens is 1. The van der Waals surface area contributed by atoms with Crippen LogP contribution in [0, 0.1) is 5.82 Å². The Morgan fingerprint density at radius 1 is 1.38 bits per heavy atom. The molecule has 0 bridgehead atoms. The number of nitrogens with zero attached hydrogens (tertiary/aromatic N) is 1. The summed E-state index contributed by atoms with van der Waals surface area (Å²) in [6, 6.07) is 4.72. The molecule has 0 aliphatic heterocycles. The maximum absolute atomic E-state index is 12.7. The summed E-state index contributed by atoms with van der Waals surface area (Å²) < 4.78 is 18.1. The van der Waals surface area contributed by atoms with Crippen molar-refractivity contribution in [2.75, 3.05) is 20.2 Å². The summed E-state index contributed by atoms with van der Waals surface area (Å²) in [6.45, 7) is 0.538. The van der Waals surface area contributed by atoms with E-state index >= 15 is 0 Å². The maximum Gasteiger partial charge on any atom is 0.303 e. The lowest BCUT2D eigenvalue weighted by molar-refractivity contribution is -0.137. The quantitative estimate of drug-likeness (QED) is 0.742. The second-order valence-corrected chi connectivity index (χ2v) is 4.60. The van der Waals surface area contributed by atoms with Crippen molar-refractivity contribution in [2.45, 2.75) is 18.9 Å². The molecule has 7 heteroatoms. The van der Waals surface area contributed by atoms with E-state index in [2.05, 4.69) is 0 Å². The van der Waals surface area contributed by atoms with Gasteiger partial charge in [-0.1, -0.05) is 0 Å². The second-order valence-electron chi connectivity index (χ2n) is 4.60. The van der Waals surface area contributed by atoms with Gasteiger partial charge in [-0.3, -0.25) is 9.59 Å². The van der Waals surface area contributed by atoms with Crippen LogP contribution in [0.1, 0.15) is 12.8 Å². The van der Waals surface area contributed by atoms with Crippen LogP contribution in [-0.4, -0.2) is 48.1 Å². The Bertz CT molecular complexity index is 478. The Hall–Kier alpha value is -2.15. The molecule has 0 fully saturated rings. The highest BCUT2D eigenvalue weighted by Gasteiger charge is 2.18. The third-order valence-electron chi connectivity index (χ3n) is 2.87. The molecule has 0 radical (unpaired) electrons. The molecule has 0 saturated heterocycles. The van der Waals surface area contributed by atoms with E-state index in [4.69, 9.17) is 15.6 Å². The monoisotopic (exact) mass is 298 g/mol. The summed E-state index contributed by atoms with van der Waals surface area (Å²) in [7, 11) is 1.57. The molecule has 1 aromatic carbocycles.